The molecule has 1 rings (SSSR count). The average molecular weight is 309 g/mol. The van der Waals surface area contributed by atoms with Crippen molar-refractivity contribution < 1.29 is 18.7 Å². The highest BCUT2D eigenvalue weighted by atomic mass is 35.5. The Balaban J connectivity index is 2.84. The van der Waals surface area contributed by atoms with E-state index < -0.39 is 12.1 Å². The van der Waals surface area contributed by atoms with Gasteiger partial charge in [0.05, 0.1) is 16.5 Å². The first-order chi connectivity index (χ1) is 8.99. The summed E-state index contributed by atoms with van der Waals surface area (Å²) in [7, 11) is 0. The minimum atomic E-state index is -0.682. The van der Waals surface area contributed by atoms with Gasteiger partial charge in [0.15, 0.2) is 12.1 Å². The SMILES string of the molecule is CCOC(CC(=O)c1cc(F)c(Cl)cc1Cl)OCC. The van der Waals surface area contributed by atoms with Crippen LogP contribution in [0.3, 0.4) is 0 Å². The Morgan fingerprint density at radius 2 is 1.79 bits per heavy atom. The highest BCUT2D eigenvalue weighted by Crippen LogP contribution is 2.25. The summed E-state index contributed by atoms with van der Waals surface area (Å²) in [6.45, 7) is 4.43. The zero-order chi connectivity index (χ0) is 14.4. The second-order valence-electron chi connectivity index (χ2n) is 3.71. The van der Waals surface area contributed by atoms with Crippen LogP contribution in [0.1, 0.15) is 30.6 Å². The number of hydrogen-bond donors (Lipinski definition) is 0. The van der Waals surface area contributed by atoms with E-state index in [2.05, 4.69) is 0 Å². The first-order valence-corrected chi connectivity index (χ1v) is 6.66. The lowest BCUT2D eigenvalue weighted by molar-refractivity contribution is -0.133. The Bertz CT molecular complexity index is 446. The van der Waals surface area contributed by atoms with Gasteiger partial charge >= 0.3 is 0 Å². The second kappa shape index (κ2) is 7.80. The van der Waals surface area contributed by atoms with Crippen molar-refractivity contribution in [1.29, 1.82) is 0 Å². The van der Waals surface area contributed by atoms with Gasteiger partial charge in [0.2, 0.25) is 0 Å². The molecule has 0 atom stereocenters. The molecule has 3 nitrogen and oxygen atoms in total. The second-order valence-corrected chi connectivity index (χ2v) is 4.53. The molecule has 0 radical (unpaired) electrons. The number of Topliss-reactive ketones (excluding diaryl/α,β-unsaturated/α-hetero) is 1. The van der Waals surface area contributed by atoms with Crippen LogP contribution >= 0.6 is 23.2 Å². The van der Waals surface area contributed by atoms with E-state index >= 15 is 0 Å². The fraction of sp³-hybridized carbons (Fsp3) is 0.462. The molecule has 0 unspecified atom stereocenters. The number of carbonyl (C=O) groups is 1. The van der Waals surface area contributed by atoms with Crippen LogP contribution in [-0.2, 0) is 9.47 Å². The van der Waals surface area contributed by atoms with Gasteiger partial charge in [-0.3, -0.25) is 4.79 Å². The van der Waals surface area contributed by atoms with Gasteiger partial charge in [-0.2, -0.15) is 0 Å². The molecule has 0 heterocycles. The van der Waals surface area contributed by atoms with Gasteiger partial charge in [0.1, 0.15) is 5.82 Å². The van der Waals surface area contributed by atoms with E-state index in [1.165, 1.54) is 6.07 Å². The molecule has 6 heteroatoms. The van der Waals surface area contributed by atoms with E-state index in [0.717, 1.165) is 6.07 Å². The van der Waals surface area contributed by atoms with Gasteiger partial charge in [-0.15, -0.1) is 0 Å². The predicted octanol–water partition coefficient (Wildman–Crippen LogP) is 4.10. The molecule has 1 aromatic carbocycles. The third-order valence-corrected chi connectivity index (χ3v) is 2.97. The van der Waals surface area contributed by atoms with Crippen LogP contribution in [0.5, 0.6) is 0 Å². The number of hydrogen-bond acceptors (Lipinski definition) is 3. The summed E-state index contributed by atoms with van der Waals surface area (Å²) < 4.78 is 23.9. The molecular weight excluding hydrogens is 294 g/mol. The molecular formula is C13H15Cl2FO3. The van der Waals surface area contributed by atoms with Crippen LogP contribution < -0.4 is 0 Å². The van der Waals surface area contributed by atoms with Gasteiger partial charge in [0, 0.05) is 18.8 Å². The molecule has 0 aliphatic carbocycles. The Kier molecular flexibility index (Phi) is 6.72. The molecule has 0 aliphatic rings. The maximum Gasteiger partial charge on any atom is 0.169 e. The summed E-state index contributed by atoms with van der Waals surface area (Å²) in [5.74, 6) is -1.04. The molecule has 0 amide bonds. The average Bonchev–Trinajstić information content (AvgIpc) is 2.34. The topological polar surface area (TPSA) is 35.5 Å². The third-order valence-electron chi connectivity index (χ3n) is 2.37. The number of ketones is 1. The highest BCUT2D eigenvalue weighted by molar-refractivity contribution is 6.36. The monoisotopic (exact) mass is 308 g/mol. The molecule has 19 heavy (non-hydrogen) atoms. The quantitative estimate of drug-likeness (QED) is 0.432. The Morgan fingerprint density at radius 3 is 2.32 bits per heavy atom. The van der Waals surface area contributed by atoms with Crippen LogP contribution in [0.2, 0.25) is 10.0 Å². The number of carbonyl (C=O) groups excluding carboxylic acids is 1. The van der Waals surface area contributed by atoms with Crippen molar-refractivity contribution in [3.63, 3.8) is 0 Å². The van der Waals surface area contributed by atoms with Crippen molar-refractivity contribution in [3.05, 3.63) is 33.6 Å². The molecule has 0 aliphatic heterocycles. The normalized spacial score (nSPS) is 11.1. The first-order valence-electron chi connectivity index (χ1n) is 5.90. The number of ether oxygens (including phenoxy) is 2. The van der Waals surface area contributed by atoms with Crippen molar-refractivity contribution in [2.75, 3.05) is 13.2 Å². The van der Waals surface area contributed by atoms with Crippen LogP contribution in [-0.4, -0.2) is 25.3 Å². The molecule has 0 aromatic heterocycles. The van der Waals surface area contributed by atoms with E-state index in [1.54, 1.807) is 13.8 Å². The fourth-order valence-corrected chi connectivity index (χ4v) is 2.02. The fourth-order valence-electron chi connectivity index (χ4n) is 1.54. The van der Waals surface area contributed by atoms with Crippen LogP contribution in [0, 0.1) is 5.82 Å². The molecule has 0 bridgehead atoms. The number of benzene rings is 1. The van der Waals surface area contributed by atoms with E-state index in [1.807, 2.05) is 0 Å². The van der Waals surface area contributed by atoms with Crippen LogP contribution in [0.25, 0.3) is 0 Å². The lowest BCUT2D eigenvalue weighted by Gasteiger charge is -2.16. The molecule has 0 N–H and O–H groups in total. The van der Waals surface area contributed by atoms with Crippen molar-refractivity contribution in [2.24, 2.45) is 0 Å². The predicted molar refractivity (Wildman–Crippen MR) is 72.4 cm³/mol. The summed E-state index contributed by atoms with van der Waals surface area (Å²) >= 11 is 11.5. The first kappa shape index (κ1) is 16.4. The summed E-state index contributed by atoms with van der Waals surface area (Å²) in [5.41, 5.74) is 0.0768. The van der Waals surface area contributed by atoms with Gasteiger partial charge in [-0.25, -0.2) is 4.39 Å². The number of rotatable bonds is 7. The van der Waals surface area contributed by atoms with Crippen molar-refractivity contribution in [1.82, 2.24) is 0 Å². The molecule has 0 spiro atoms. The van der Waals surface area contributed by atoms with E-state index in [9.17, 15) is 9.18 Å². The van der Waals surface area contributed by atoms with Gasteiger partial charge in [-0.1, -0.05) is 23.2 Å². The van der Waals surface area contributed by atoms with E-state index in [0.29, 0.717) is 13.2 Å². The summed E-state index contributed by atoms with van der Waals surface area (Å²) in [6, 6.07) is 2.24. The lowest BCUT2D eigenvalue weighted by Crippen LogP contribution is -2.21. The number of halogens is 3. The van der Waals surface area contributed by atoms with Gasteiger partial charge in [-0.05, 0) is 26.0 Å². The summed E-state index contributed by atoms with van der Waals surface area (Å²) in [5, 5.41) is -0.00383. The van der Waals surface area contributed by atoms with Crippen molar-refractivity contribution in [2.45, 2.75) is 26.6 Å². The minimum Gasteiger partial charge on any atom is -0.352 e. The van der Waals surface area contributed by atoms with E-state index in [-0.39, 0.29) is 27.8 Å². The summed E-state index contributed by atoms with van der Waals surface area (Å²) in [4.78, 5) is 12.0. The molecule has 0 fully saturated rings. The van der Waals surface area contributed by atoms with Gasteiger partial charge < -0.3 is 9.47 Å². The zero-order valence-electron chi connectivity index (χ0n) is 10.7. The maximum absolute atomic E-state index is 13.3. The van der Waals surface area contributed by atoms with E-state index in [4.69, 9.17) is 32.7 Å². The lowest BCUT2D eigenvalue weighted by atomic mass is 10.1. The van der Waals surface area contributed by atoms with Crippen LogP contribution in [0.4, 0.5) is 4.39 Å². The van der Waals surface area contributed by atoms with Crippen molar-refractivity contribution >= 4 is 29.0 Å². The smallest absolute Gasteiger partial charge is 0.169 e. The Labute approximate surface area is 121 Å². The van der Waals surface area contributed by atoms with Crippen molar-refractivity contribution in [3.8, 4) is 0 Å². The molecule has 0 saturated carbocycles. The minimum absolute atomic E-state index is 0.0253. The van der Waals surface area contributed by atoms with Crippen LogP contribution in [0.15, 0.2) is 12.1 Å². The summed E-state index contributed by atoms with van der Waals surface area (Å²) in [6.07, 6.45) is -0.681. The highest BCUT2D eigenvalue weighted by Gasteiger charge is 2.19. The van der Waals surface area contributed by atoms with Gasteiger partial charge in [0.25, 0.3) is 0 Å². The third kappa shape index (κ3) is 4.73. The standard InChI is InChI=1S/C13H15Cl2FO3/c1-3-18-13(19-4-2)7-12(17)8-5-11(16)10(15)6-9(8)14/h5-6,13H,3-4,7H2,1-2H3. The molecule has 1 aromatic rings. The molecule has 106 valence electrons. The molecule has 0 saturated heterocycles. The zero-order valence-corrected chi connectivity index (χ0v) is 12.2. The Morgan fingerprint density at radius 1 is 1.21 bits per heavy atom. The largest absolute Gasteiger partial charge is 0.352 e. The maximum atomic E-state index is 13.3. The Hall–Kier alpha value is -0.680.